The molecule has 39 heavy (non-hydrogen) atoms. The number of para-hydroxylation sites is 1. The number of aryl methyl sites for hydroxylation is 1. The Morgan fingerprint density at radius 3 is 2.54 bits per heavy atom. The summed E-state index contributed by atoms with van der Waals surface area (Å²) in [4.78, 5) is 47.0. The number of nitrogens with one attached hydrogen (secondary N) is 1. The third-order valence-electron chi connectivity index (χ3n) is 6.50. The number of carbonyl (C=O) groups excluding carboxylic acids is 1. The van der Waals surface area contributed by atoms with E-state index in [9.17, 15) is 14.4 Å². The van der Waals surface area contributed by atoms with Crippen LogP contribution in [0.25, 0.3) is 17.4 Å². The number of pyridine rings is 1. The average molecular weight is 563 g/mol. The number of rotatable bonds is 7. The monoisotopic (exact) mass is 562 g/mol. The Kier molecular flexibility index (Phi) is 7.25. The van der Waals surface area contributed by atoms with Gasteiger partial charge in [0.15, 0.2) is 4.32 Å². The molecule has 1 aliphatic heterocycles. The van der Waals surface area contributed by atoms with Crippen LogP contribution in [-0.4, -0.2) is 49.2 Å². The van der Waals surface area contributed by atoms with Crippen LogP contribution in [0.5, 0.6) is 0 Å². The quantitative estimate of drug-likeness (QED) is 0.208. The molecule has 1 saturated heterocycles. The van der Waals surface area contributed by atoms with Crippen LogP contribution in [0.4, 0.5) is 11.5 Å². The zero-order valence-electron chi connectivity index (χ0n) is 21.8. The number of carbonyl (C=O) groups is 1. The molecule has 0 unspecified atom stereocenters. The van der Waals surface area contributed by atoms with E-state index in [1.165, 1.54) is 20.1 Å². The maximum atomic E-state index is 13.7. The van der Waals surface area contributed by atoms with Crippen molar-refractivity contribution in [3.63, 3.8) is 0 Å². The van der Waals surface area contributed by atoms with Crippen molar-refractivity contribution in [1.82, 2.24) is 18.7 Å². The second-order valence-electron chi connectivity index (χ2n) is 8.91. The number of hydrogen-bond donors (Lipinski definition) is 1. The summed E-state index contributed by atoms with van der Waals surface area (Å²) in [6, 6.07) is 12.8. The number of aromatic nitrogens is 4. The number of amides is 1. The minimum atomic E-state index is -0.479. The molecule has 0 aliphatic carbocycles. The lowest BCUT2D eigenvalue weighted by Gasteiger charge is -2.13. The largest absolute Gasteiger partial charge is 0.383 e. The molecule has 1 N–H and O–H groups in total. The van der Waals surface area contributed by atoms with Crippen molar-refractivity contribution in [2.45, 2.75) is 13.8 Å². The highest BCUT2D eigenvalue weighted by Crippen LogP contribution is 2.36. The Bertz CT molecular complexity index is 1770. The predicted molar refractivity (Wildman–Crippen MR) is 158 cm³/mol. The van der Waals surface area contributed by atoms with Gasteiger partial charge in [-0.15, -0.1) is 0 Å². The van der Waals surface area contributed by atoms with Crippen LogP contribution in [0.1, 0.15) is 16.8 Å². The van der Waals surface area contributed by atoms with Gasteiger partial charge in [0.2, 0.25) is 0 Å². The molecule has 3 aromatic heterocycles. The zero-order valence-corrected chi connectivity index (χ0v) is 23.4. The SMILES string of the molecule is COCCNc1nc2c(C)cccn2c(=O)c1C=C1SC(=S)N(c2c(C)n(C)n(-c3ccccc3)c2=O)C1=O. The van der Waals surface area contributed by atoms with Gasteiger partial charge < -0.3 is 10.1 Å². The van der Waals surface area contributed by atoms with Gasteiger partial charge in [-0.2, -0.15) is 0 Å². The summed E-state index contributed by atoms with van der Waals surface area (Å²) < 4.78 is 9.97. The van der Waals surface area contributed by atoms with Gasteiger partial charge in [0.1, 0.15) is 17.2 Å². The molecule has 4 heterocycles. The Morgan fingerprint density at radius 2 is 1.82 bits per heavy atom. The molecule has 0 saturated carbocycles. The van der Waals surface area contributed by atoms with Gasteiger partial charge in [0, 0.05) is 26.9 Å². The van der Waals surface area contributed by atoms with Crippen LogP contribution in [0, 0.1) is 13.8 Å². The average Bonchev–Trinajstić information content (AvgIpc) is 3.31. The van der Waals surface area contributed by atoms with Gasteiger partial charge in [0.05, 0.1) is 28.5 Å². The standard InChI is InChI=1S/C27H26N6O4S2/c1-16-9-8-13-31-23(16)29-22(28-12-14-37-4)19(24(31)34)15-20-25(35)32(27(38)39-20)21-17(2)30(3)33(26(21)36)18-10-6-5-7-11-18/h5-11,13,15,28H,12,14H2,1-4H3. The third kappa shape index (κ3) is 4.60. The molecule has 4 aromatic rings. The van der Waals surface area contributed by atoms with Crippen molar-refractivity contribution in [2.24, 2.45) is 7.05 Å². The van der Waals surface area contributed by atoms with Crippen molar-refractivity contribution in [2.75, 3.05) is 30.5 Å². The van der Waals surface area contributed by atoms with E-state index in [0.29, 0.717) is 36.0 Å². The van der Waals surface area contributed by atoms with Crippen molar-refractivity contribution < 1.29 is 9.53 Å². The molecule has 0 spiro atoms. The van der Waals surface area contributed by atoms with E-state index in [0.717, 1.165) is 17.3 Å². The van der Waals surface area contributed by atoms with E-state index in [4.69, 9.17) is 17.0 Å². The summed E-state index contributed by atoms with van der Waals surface area (Å²) in [5.41, 5.74) is 2.25. The van der Waals surface area contributed by atoms with Gasteiger partial charge in [-0.1, -0.05) is 48.2 Å². The van der Waals surface area contributed by atoms with Gasteiger partial charge in [-0.3, -0.25) is 28.4 Å². The summed E-state index contributed by atoms with van der Waals surface area (Å²) in [6.07, 6.45) is 3.13. The molecular formula is C27H26N6O4S2. The van der Waals surface area contributed by atoms with E-state index in [1.807, 2.05) is 43.3 Å². The molecule has 0 bridgehead atoms. The van der Waals surface area contributed by atoms with Crippen LogP contribution in [-0.2, 0) is 16.6 Å². The fourth-order valence-electron chi connectivity index (χ4n) is 4.45. The highest BCUT2D eigenvalue weighted by molar-refractivity contribution is 8.27. The van der Waals surface area contributed by atoms with Crippen LogP contribution in [0.15, 0.2) is 63.2 Å². The van der Waals surface area contributed by atoms with Crippen molar-refractivity contribution in [1.29, 1.82) is 0 Å². The maximum Gasteiger partial charge on any atom is 0.296 e. The Hall–Kier alpha value is -4.00. The molecular weight excluding hydrogens is 536 g/mol. The molecule has 1 fully saturated rings. The number of benzene rings is 1. The van der Waals surface area contributed by atoms with Gasteiger partial charge in [-0.25, -0.2) is 9.67 Å². The van der Waals surface area contributed by atoms with Crippen molar-refractivity contribution in [3.05, 3.63) is 91.1 Å². The number of thioether (sulfide) groups is 1. The first-order chi connectivity index (χ1) is 18.7. The molecule has 1 aliphatic rings. The fourth-order valence-corrected chi connectivity index (χ4v) is 5.70. The smallest absolute Gasteiger partial charge is 0.296 e. The number of hydrogen-bond acceptors (Lipinski definition) is 8. The van der Waals surface area contributed by atoms with Gasteiger partial charge in [-0.05, 0) is 43.7 Å². The van der Waals surface area contributed by atoms with E-state index < -0.39 is 5.91 Å². The van der Waals surface area contributed by atoms with Crippen LogP contribution < -0.4 is 21.3 Å². The first-order valence-corrected chi connectivity index (χ1v) is 13.3. The Labute approximate surface area is 233 Å². The second kappa shape index (κ2) is 10.6. The van der Waals surface area contributed by atoms with Gasteiger partial charge >= 0.3 is 0 Å². The normalized spacial score (nSPS) is 14.7. The van der Waals surface area contributed by atoms with Crippen LogP contribution in [0.2, 0.25) is 0 Å². The lowest BCUT2D eigenvalue weighted by Crippen LogP contribution is -2.33. The Morgan fingerprint density at radius 1 is 1.08 bits per heavy atom. The number of nitrogens with zero attached hydrogens (tertiary/aromatic N) is 5. The molecule has 10 nitrogen and oxygen atoms in total. The molecule has 200 valence electrons. The summed E-state index contributed by atoms with van der Waals surface area (Å²) in [7, 11) is 3.33. The summed E-state index contributed by atoms with van der Waals surface area (Å²) in [6.45, 7) is 4.44. The fraction of sp³-hybridized carbons (Fsp3) is 0.222. The van der Waals surface area contributed by atoms with Crippen LogP contribution >= 0.6 is 24.0 Å². The highest BCUT2D eigenvalue weighted by Gasteiger charge is 2.38. The van der Waals surface area contributed by atoms with Gasteiger partial charge in [0.25, 0.3) is 17.0 Å². The highest BCUT2D eigenvalue weighted by atomic mass is 32.2. The molecule has 5 rings (SSSR count). The van der Waals surface area contributed by atoms with Crippen LogP contribution in [0.3, 0.4) is 0 Å². The van der Waals surface area contributed by atoms with E-state index >= 15 is 0 Å². The minimum Gasteiger partial charge on any atom is -0.383 e. The van der Waals surface area contributed by atoms with Crippen molar-refractivity contribution in [3.8, 4) is 5.69 Å². The summed E-state index contributed by atoms with van der Waals surface area (Å²) >= 11 is 6.60. The first kappa shape index (κ1) is 26.6. The molecule has 0 radical (unpaired) electrons. The predicted octanol–water partition coefficient (Wildman–Crippen LogP) is 3.26. The first-order valence-electron chi connectivity index (χ1n) is 12.1. The number of anilines is 2. The molecule has 1 aromatic carbocycles. The lowest BCUT2D eigenvalue weighted by molar-refractivity contribution is -0.113. The number of methoxy groups -OCH3 is 1. The zero-order chi connectivity index (χ0) is 27.8. The number of thiocarbonyl (C=S) groups is 1. The van der Waals surface area contributed by atoms with E-state index in [2.05, 4.69) is 10.3 Å². The summed E-state index contributed by atoms with van der Waals surface area (Å²) in [5, 5.41) is 3.15. The Balaban J connectivity index is 1.61. The number of ether oxygens (including phenoxy) is 1. The minimum absolute atomic E-state index is 0.176. The number of fused-ring (bicyclic) bond motifs is 1. The topological polar surface area (TPSA) is 103 Å². The summed E-state index contributed by atoms with van der Waals surface area (Å²) in [5.74, 6) is -0.147. The molecule has 1 amide bonds. The maximum absolute atomic E-state index is 13.7. The lowest BCUT2D eigenvalue weighted by atomic mass is 10.2. The molecule has 0 atom stereocenters. The van der Waals surface area contributed by atoms with Crippen molar-refractivity contribution >= 4 is 57.4 Å². The van der Waals surface area contributed by atoms with E-state index in [1.54, 1.807) is 38.0 Å². The van der Waals surface area contributed by atoms with E-state index in [-0.39, 0.29) is 31.6 Å². The third-order valence-corrected chi connectivity index (χ3v) is 7.80. The molecule has 12 heteroatoms. The second-order valence-corrected chi connectivity index (χ2v) is 10.6.